The zero-order valence-corrected chi connectivity index (χ0v) is 18.1. The van der Waals surface area contributed by atoms with Crippen molar-refractivity contribution in [3.8, 4) is 0 Å². The second-order valence-corrected chi connectivity index (χ2v) is 6.24. The van der Waals surface area contributed by atoms with Gasteiger partial charge >= 0.3 is 63.3 Å². The second-order valence-electron chi connectivity index (χ2n) is 6.24. The molecular weight excluding hydrogens is 319 g/mol. The number of carboxylic acids is 2. The molecular formula is C18H35KO4. The summed E-state index contributed by atoms with van der Waals surface area (Å²) in [6.45, 7) is 0. The summed E-state index contributed by atoms with van der Waals surface area (Å²) in [4.78, 5) is 20.7. The molecule has 0 aliphatic heterocycles. The summed E-state index contributed by atoms with van der Waals surface area (Å²) in [5, 5.41) is 17.0. The molecule has 0 fully saturated rings. The Labute approximate surface area is 185 Å². The molecule has 0 aromatic rings. The topological polar surface area (TPSA) is 74.6 Å². The van der Waals surface area contributed by atoms with Gasteiger partial charge in [-0.1, -0.05) is 77.0 Å². The van der Waals surface area contributed by atoms with Crippen LogP contribution in [0.1, 0.15) is 104 Å². The number of hydrogen-bond acceptors (Lipinski definition) is 2. The Balaban J connectivity index is -0.00000220. The molecule has 0 unspecified atom stereocenters. The number of hydrogen-bond donors (Lipinski definition) is 2. The summed E-state index contributed by atoms with van der Waals surface area (Å²) in [6, 6.07) is 0. The largest absolute Gasteiger partial charge is 1.00 e. The Morgan fingerprint density at radius 2 is 0.652 bits per heavy atom. The zero-order chi connectivity index (χ0) is 16.5. The van der Waals surface area contributed by atoms with Crippen molar-refractivity contribution < 1.29 is 72.6 Å². The fourth-order valence-corrected chi connectivity index (χ4v) is 2.67. The molecule has 0 spiro atoms. The van der Waals surface area contributed by atoms with E-state index in [4.69, 9.17) is 10.2 Å². The smallest absolute Gasteiger partial charge is 1.00 e. The third-order valence-electron chi connectivity index (χ3n) is 4.03. The average molecular weight is 355 g/mol. The molecule has 5 heteroatoms. The standard InChI is InChI=1S/C18H34O4.K.H/c19-17(20)15-13-11-9-7-5-3-1-2-4-6-8-10-12-14-16-18(21)22;;/h1-16H2,(H,19,20)(H,21,22);;/q;+1;-1. The van der Waals surface area contributed by atoms with Crippen LogP contribution in [-0.2, 0) is 9.59 Å². The van der Waals surface area contributed by atoms with Crippen LogP contribution in [0.15, 0.2) is 0 Å². The van der Waals surface area contributed by atoms with Crippen LogP contribution < -0.4 is 51.4 Å². The van der Waals surface area contributed by atoms with Gasteiger partial charge in [0.2, 0.25) is 0 Å². The first-order chi connectivity index (χ1) is 10.6. The normalized spacial score (nSPS) is 10.3. The number of carboxylic acid groups (broad SMARTS) is 2. The van der Waals surface area contributed by atoms with Crippen LogP contribution in [-0.4, -0.2) is 22.2 Å². The Morgan fingerprint density at radius 3 is 0.826 bits per heavy atom. The van der Waals surface area contributed by atoms with Crippen LogP contribution in [0.4, 0.5) is 0 Å². The van der Waals surface area contributed by atoms with Crippen LogP contribution in [0.25, 0.3) is 0 Å². The first-order valence-corrected chi connectivity index (χ1v) is 9.06. The first kappa shape index (κ1) is 25.8. The van der Waals surface area contributed by atoms with Crippen LogP contribution >= 0.6 is 0 Å². The van der Waals surface area contributed by atoms with E-state index < -0.39 is 11.9 Å². The van der Waals surface area contributed by atoms with Crippen LogP contribution in [0.3, 0.4) is 0 Å². The van der Waals surface area contributed by atoms with E-state index in [0.29, 0.717) is 12.8 Å². The van der Waals surface area contributed by atoms with Gasteiger partial charge in [0.1, 0.15) is 0 Å². The maximum atomic E-state index is 10.3. The molecule has 4 nitrogen and oxygen atoms in total. The van der Waals surface area contributed by atoms with Crippen molar-refractivity contribution in [2.45, 2.75) is 103 Å². The van der Waals surface area contributed by atoms with Gasteiger partial charge in [0.05, 0.1) is 0 Å². The molecule has 0 atom stereocenters. The molecule has 0 radical (unpaired) electrons. The molecule has 0 aliphatic rings. The third-order valence-corrected chi connectivity index (χ3v) is 4.03. The Morgan fingerprint density at radius 1 is 0.478 bits per heavy atom. The van der Waals surface area contributed by atoms with Gasteiger partial charge in [0, 0.05) is 12.8 Å². The fraction of sp³-hybridized carbons (Fsp3) is 0.889. The minimum Gasteiger partial charge on any atom is -1.00 e. The predicted molar refractivity (Wildman–Crippen MR) is 90.3 cm³/mol. The molecule has 0 saturated heterocycles. The van der Waals surface area contributed by atoms with E-state index in [2.05, 4.69) is 0 Å². The first-order valence-electron chi connectivity index (χ1n) is 9.06. The predicted octanol–water partition coefficient (Wildman–Crippen LogP) is 2.51. The summed E-state index contributed by atoms with van der Waals surface area (Å²) >= 11 is 0. The van der Waals surface area contributed by atoms with Crippen LogP contribution in [0, 0.1) is 0 Å². The van der Waals surface area contributed by atoms with Crippen molar-refractivity contribution in [3.63, 3.8) is 0 Å². The molecule has 0 heterocycles. The quantitative estimate of drug-likeness (QED) is 0.311. The molecule has 0 aromatic heterocycles. The Hall–Kier alpha value is 0.576. The number of rotatable bonds is 17. The van der Waals surface area contributed by atoms with Crippen molar-refractivity contribution >= 4 is 11.9 Å². The van der Waals surface area contributed by atoms with Crippen molar-refractivity contribution in [1.82, 2.24) is 0 Å². The molecule has 2 N–H and O–H groups in total. The minimum absolute atomic E-state index is 0. The van der Waals surface area contributed by atoms with E-state index in [1.807, 2.05) is 0 Å². The van der Waals surface area contributed by atoms with E-state index in [9.17, 15) is 9.59 Å². The molecule has 0 rings (SSSR count). The van der Waals surface area contributed by atoms with E-state index in [-0.39, 0.29) is 52.8 Å². The SMILES string of the molecule is O=C(O)CCCCCCCCCCCCCCCCC(=O)O.[H-].[K+]. The maximum absolute atomic E-state index is 10.3. The van der Waals surface area contributed by atoms with Gasteiger partial charge in [-0.3, -0.25) is 9.59 Å². The summed E-state index contributed by atoms with van der Waals surface area (Å²) in [7, 11) is 0. The zero-order valence-electron chi connectivity index (χ0n) is 16.0. The number of carbonyl (C=O) groups is 2. The molecule has 23 heavy (non-hydrogen) atoms. The molecule has 0 aliphatic carbocycles. The van der Waals surface area contributed by atoms with Crippen molar-refractivity contribution in [2.75, 3.05) is 0 Å². The molecule has 0 bridgehead atoms. The van der Waals surface area contributed by atoms with Gasteiger partial charge in [-0.2, -0.15) is 0 Å². The van der Waals surface area contributed by atoms with Crippen LogP contribution in [0.5, 0.6) is 0 Å². The van der Waals surface area contributed by atoms with Gasteiger partial charge < -0.3 is 11.6 Å². The molecule has 0 amide bonds. The van der Waals surface area contributed by atoms with E-state index in [0.717, 1.165) is 25.7 Å². The number of unbranched alkanes of at least 4 members (excludes halogenated alkanes) is 13. The Bertz CT molecular complexity index is 260. The Kier molecular flexibility index (Phi) is 23.1. The molecule has 132 valence electrons. The van der Waals surface area contributed by atoms with Crippen molar-refractivity contribution in [1.29, 1.82) is 0 Å². The van der Waals surface area contributed by atoms with E-state index in [1.165, 1.54) is 64.2 Å². The summed E-state index contributed by atoms with van der Waals surface area (Å²) in [5.41, 5.74) is 0. The van der Waals surface area contributed by atoms with Gasteiger partial charge in [0.25, 0.3) is 0 Å². The van der Waals surface area contributed by atoms with Crippen LogP contribution in [0.2, 0.25) is 0 Å². The van der Waals surface area contributed by atoms with Crippen molar-refractivity contribution in [2.24, 2.45) is 0 Å². The third kappa shape index (κ3) is 24.9. The summed E-state index contributed by atoms with van der Waals surface area (Å²) in [5.74, 6) is -1.36. The van der Waals surface area contributed by atoms with Gasteiger partial charge in [-0.25, -0.2) is 0 Å². The molecule has 0 aromatic carbocycles. The van der Waals surface area contributed by atoms with Gasteiger partial charge in [-0.15, -0.1) is 0 Å². The minimum atomic E-state index is -0.679. The summed E-state index contributed by atoms with van der Waals surface area (Å²) in [6.07, 6.45) is 17.0. The van der Waals surface area contributed by atoms with E-state index >= 15 is 0 Å². The molecule has 0 saturated carbocycles. The summed E-state index contributed by atoms with van der Waals surface area (Å²) < 4.78 is 0. The van der Waals surface area contributed by atoms with Crippen molar-refractivity contribution in [3.05, 3.63) is 0 Å². The second kappa shape index (κ2) is 20.6. The van der Waals surface area contributed by atoms with Gasteiger partial charge in [-0.05, 0) is 12.8 Å². The average Bonchev–Trinajstić information content (AvgIpc) is 2.46. The van der Waals surface area contributed by atoms with Gasteiger partial charge in [0.15, 0.2) is 0 Å². The maximum Gasteiger partial charge on any atom is 1.00 e. The van der Waals surface area contributed by atoms with E-state index in [1.54, 1.807) is 0 Å². The fourth-order valence-electron chi connectivity index (χ4n) is 2.67. The monoisotopic (exact) mass is 354 g/mol. The number of aliphatic carboxylic acids is 2.